The first-order valence-corrected chi connectivity index (χ1v) is 9.42. The van der Waals surface area contributed by atoms with Crippen LogP contribution in [0.4, 0.5) is 4.79 Å². The van der Waals surface area contributed by atoms with Gasteiger partial charge in [0.1, 0.15) is 5.82 Å². The van der Waals surface area contributed by atoms with Crippen LogP contribution in [-0.2, 0) is 6.42 Å². The van der Waals surface area contributed by atoms with E-state index >= 15 is 0 Å². The number of para-hydroxylation sites is 2. The topological polar surface area (TPSA) is 50.2 Å². The van der Waals surface area contributed by atoms with E-state index in [2.05, 4.69) is 47.2 Å². The van der Waals surface area contributed by atoms with E-state index in [4.69, 9.17) is 4.98 Å². The average molecular weight is 338 g/mol. The molecule has 2 amide bonds. The zero-order chi connectivity index (χ0) is 17.2. The molecule has 1 aliphatic carbocycles. The minimum absolute atomic E-state index is 0.0957. The second kappa shape index (κ2) is 6.90. The molecule has 4 rings (SSSR count). The lowest BCUT2D eigenvalue weighted by Gasteiger charge is -2.34. The van der Waals surface area contributed by atoms with Crippen LogP contribution < -0.4 is 5.32 Å². The van der Waals surface area contributed by atoms with Crippen LogP contribution in [0.25, 0.3) is 11.0 Å². The number of hydrogen-bond donors (Lipinski definition) is 1. The highest BCUT2D eigenvalue weighted by atomic mass is 16.2. The molecule has 0 unspecified atom stereocenters. The lowest BCUT2D eigenvalue weighted by atomic mass is 10.0. The number of imidazole rings is 1. The number of rotatable bonds is 3. The number of urea groups is 1. The summed E-state index contributed by atoms with van der Waals surface area (Å²) in [5, 5.41) is 3.16. The van der Waals surface area contributed by atoms with E-state index < -0.39 is 0 Å². The molecule has 0 bridgehead atoms. The number of amides is 2. The van der Waals surface area contributed by atoms with Crippen LogP contribution in [0, 0.1) is 0 Å². The Bertz CT molecular complexity index is 778. The third kappa shape index (κ3) is 3.15. The molecule has 5 heteroatoms. The summed E-state index contributed by atoms with van der Waals surface area (Å²) in [6.45, 7) is 3.79. The van der Waals surface area contributed by atoms with Crippen molar-refractivity contribution in [1.29, 1.82) is 0 Å². The van der Waals surface area contributed by atoms with E-state index in [1.165, 1.54) is 5.52 Å². The maximum atomic E-state index is 12.5. The Hall–Kier alpha value is -2.30. The van der Waals surface area contributed by atoms with E-state index in [1.54, 1.807) is 0 Å². The summed E-state index contributed by atoms with van der Waals surface area (Å²) in [4.78, 5) is 19.2. The first kappa shape index (κ1) is 16.2. The van der Waals surface area contributed by atoms with E-state index in [0.29, 0.717) is 6.04 Å². The average Bonchev–Trinajstić information content (AvgIpc) is 3.28. The first-order valence-electron chi connectivity index (χ1n) is 9.42. The van der Waals surface area contributed by atoms with Gasteiger partial charge in [0.05, 0.1) is 11.0 Å². The lowest BCUT2D eigenvalue weighted by molar-refractivity contribution is 0.169. The van der Waals surface area contributed by atoms with Crippen molar-refractivity contribution in [2.45, 2.75) is 51.1 Å². The van der Waals surface area contributed by atoms with Gasteiger partial charge in [0, 0.05) is 31.6 Å². The number of carbonyl (C=O) groups is 1. The van der Waals surface area contributed by atoms with Crippen molar-refractivity contribution >= 4 is 17.1 Å². The van der Waals surface area contributed by atoms with Crippen molar-refractivity contribution in [3.8, 4) is 0 Å². The smallest absolute Gasteiger partial charge is 0.317 e. The molecule has 0 radical (unpaired) electrons. The van der Waals surface area contributed by atoms with Crippen LogP contribution in [0.1, 0.15) is 44.5 Å². The fraction of sp³-hybridized carbons (Fsp3) is 0.500. The van der Waals surface area contributed by atoms with Gasteiger partial charge in [-0.05, 0) is 37.8 Å². The molecule has 132 valence electrons. The Kier molecular flexibility index (Phi) is 4.47. The second-order valence-corrected chi connectivity index (χ2v) is 7.05. The summed E-state index contributed by atoms with van der Waals surface area (Å²) in [6.07, 6.45) is 9.13. The zero-order valence-corrected chi connectivity index (χ0v) is 14.8. The predicted molar refractivity (Wildman–Crippen MR) is 99.6 cm³/mol. The van der Waals surface area contributed by atoms with Crippen molar-refractivity contribution in [3.05, 3.63) is 42.2 Å². The summed E-state index contributed by atoms with van der Waals surface area (Å²) in [7, 11) is 0. The van der Waals surface area contributed by atoms with Crippen LogP contribution in [-0.4, -0.2) is 39.6 Å². The number of fused-ring (bicyclic) bond motifs is 1. The van der Waals surface area contributed by atoms with Crippen molar-refractivity contribution < 1.29 is 4.79 Å². The molecular weight excluding hydrogens is 312 g/mol. The molecule has 25 heavy (non-hydrogen) atoms. The molecule has 0 atom stereocenters. The normalized spacial score (nSPS) is 19.0. The van der Waals surface area contributed by atoms with Gasteiger partial charge in [0.25, 0.3) is 0 Å². The zero-order valence-electron chi connectivity index (χ0n) is 14.8. The number of benzene rings is 1. The molecule has 1 saturated heterocycles. The molecule has 1 aliphatic heterocycles. The predicted octanol–water partition coefficient (Wildman–Crippen LogP) is 3.66. The molecule has 0 spiro atoms. The van der Waals surface area contributed by atoms with Crippen molar-refractivity contribution in [3.63, 3.8) is 0 Å². The second-order valence-electron chi connectivity index (χ2n) is 7.05. The quantitative estimate of drug-likeness (QED) is 0.868. The summed E-state index contributed by atoms with van der Waals surface area (Å²) in [6, 6.07) is 9.19. The number of nitrogens with one attached hydrogen (secondary N) is 1. The van der Waals surface area contributed by atoms with Gasteiger partial charge in [0.2, 0.25) is 0 Å². The number of hydrogen-bond acceptors (Lipinski definition) is 2. The van der Waals surface area contributed by atoms with Gasteiger partial charge in [-0.3, -0.25) is 0 Å². The molecule has 1 aromatic heterocycles. The number of aryl methyl sites for hydroxylation is 1. The Morgan fingerprint density at radius 1 is 1.20 bits per heavy atom. The lowest BCUT2D eigenvalue weighted by Crippen LogP contribution is -2.47. The largest absolute Gasteiger partial charge is 0.335 e. The molecule has 2 heterocycles. The van der Waals surface area contributed by atoms with Crippen LogP contribution >= 0.6 is 0 Å². The Morgan fingerprint density at radius 2 is 1.92 bits per heavy atom. The summed E-state index contributed by atoms with van der Waals surface area (Å²) >= 11 is 0. The van der Waals surface area contributed by atoms with E-state index in [9.17, 15) is 4.79 Å². The number of aromatic nitrogens is 2. The maximum Gasteiger partial charge on any atom is 0.317 e. The summed E-state index contributed by atoms with van der Waals surface area (Å²) in [5.41, 5.74) is 2.30. The highest BCUT2D eigenvalue weighted by Gasteiger charge is 2.27. The highest BCUT2D eigenvalue weighted by Crippen LogP contribution is 2.29. The monoisotopic (exact) mass is 338 g/mol. The molecule has 1 N–H and O–H groups in total. The van der Waals surface area contributed by atoms with E-state index in [0.717, 1.165) is 56.5 Å². The highest BCUT2D eigenvalue weighted by molar-refractivity contribution is 5.76. The van der Waals surface area contributed by atoms with Crippen LogP contribution in [0.3, 0.4) is 0 Å². The standard InChI is InChI=1S/C20H26N4O/c1-2-19-22-17-9-5-6-10-18(17)24(19)16-11-13-23(14-12-16)20(25)21-15-7-3-4-8-15/h3-6,9-10,15-16H,2,7-8,11-14H2,1H3,(H,21,25). The summed E-state index contributed by atoms with van der Waals surface area (Å²) < 4.78 is 2.41. The Morgan fingerprint density at radius 3 is 2.64 bits per heavy atom. The fourth-order valence-corrected chi connectivity index (χ4v) is 4.08. The van der Waals surface area contributed by atoms with Gasteiger partial charge in [-0.25, -0.2) is 9.78 Å². The minimum atomic E-state index is 0.0957. The van der Waals surface area contributed by atoms with Crippen molar-refractivity contribution in [2.24, 2.45) is 0 Å². The number of piperidine rings is 1. The number of nitrogens with zero attached hydrogens (tertiary/aromatic N) is 3. The third-order valence-corrected chi connectivity index (χ3v) is 5.44. The van der Waals surface area contributed by atoms with E-state index in [-0.39, 0.29) is 12.1 Å². The van der Waals surface area contributed by atoms with Gasteiger partial charge in [-0.15, -0.1) is 0 Å². The summed E-state index contributed by atoms with van der Waals surface area (Å²) in [5.74, 6) is 1.15. The molecular formula is C20H26N4O. The molecule has 1 fully saturated rings. The maximum absolute atomic E-state index is 12.5. The SMILES string of the molecule is CCc1nc2ccccc2n1C1CCN(C(=O)NC2CC=CC2)CC1. The molecule has 0 saturated carbocycles. The number of likely N-dealkylation sites (tertiary alicyclic amines) is 1. The van der Waals surface area contributed by atoms with Crippen LogP contribution in [0.15, 0.2) is 36.4 Å². The molecule has 2 aromatic rings. The van der Waals surface area contributed by atoms with Crippen LogP contribution in [0.2, 0.25) is 0 Å². The van der Waals surface area contributed by atoms with Crippen molar-refractivity contribution in [1.82, 2.24) is 19.8 Å². The fourth-order valence-electron chi connectivity index (χ4n) is 4.08. The van der Waals surface area contributed by atoms with E-state index in [1.807, 2.05) is 11.0 Å². The molecule has 1 aromatic carbocycles. The molecule has 2 aliphatic rings. The van der Waals surface area contributed by atoms with Crippen molar-refractivity contribution in [2.75, 3.05) is 13.1 Å². The Balaban J connectivity index is 1.44. The number of carbonyl (C=O) groups excluding carboxylic acids is 1. The van der Waals surface area contributed by atoms with Gasteiger partial charge in [-0.2, -0.15) is 0 Å². The Labute approximate surface area is 148 Å². The molecule has 5 nitrogen and oxygen atoms in total. The minimum Gasteiger partial charge on any atom is -0.335 e. The third-order valence-electron chi connectivity index (χ3n) is 5.44. The van der Waals surface area contributed by atoms with Gasteiger partial charge in [0.15, 0.2) is 0 Å². The van der Waals surface area contributed by atoms with Gasteiger partial charge in [-0.1, -0.05) is 31.2 Å². The van der Waals surface area contributed by atoms with Gasteiger partial charge >= 0.3 is 6.03 Å². The van der Waals surface area contributed by atoms with Gasteiger partial charge < -0.3 is 14.8 Å². The first-order chi connectivity index (χ1) is 12.3. The van der Waals surface area contributed by atoms with Crippen LogP contribution in [0.5, 0.6) is 0 Å².